The third-order valence-corrected chi connectivity index (χ3v) is 27.9. The lowest BCUT2D eigenvalue weighted by atomic mass is 9.27. The van der Waals surface area contributed by atoms with Crippen molar-refractivity contribution in [2.24, 2.45) is 56.2 Å². The number of aryl methyl sites for hydroxylation is 1. The van der Waals surface area contributed by atoms with E-state index in [-0.39, 0.29) is 47.0 Å². The molecule has 17 atom stereocenters. The summed E-state index contributed by atoms with van der Waals surface area (Å²) in [4.78, 5) is 40.0. The van der Waals surface area contributed by atoms with Crippen molar-refractivity contribution < 1.29 is 34.4 Å². The highest BCUT2D eigenvalue weighted by molar-refractivity contribution is 6.02. The Bertz CT molecular complexity index is 3350. The predicted octanol–water partition coefficient (Wildman–Crippen LogP) is 12.1. The van der Waals surface area contributed by atoms with Crippen LogP contribution in [0.25, 0.3) is 11.0 Å². The fourth-order valence-corrected chi connectivity index (χ4v) is 24.1. The maximum atomic E-state index is 16.4. The highest BCUT2D eigenvalue weighted by Crippen LogP contribution is 2.84. The minimum atomic E-state index is -0.911. The first kappa shape index (κ1) is 53.6. The van der Waals surface area contributed by atoms with E-state index in [1.54, 1.807) is 0 Å². The quantitative estimate of drug-likeness (QED) is 0.0996. The van der Waals surface area contributed by atoms with E-state index in [4.69, 9.17) is 9.47 Å². The molecule has 4 aromatic rings. The van der Waals surface area contributed by atoms with Crippen LogP contribution in [-0.4, -0.2) is 91.6 Å². The number of fused-ring (bicyclic) bond motifs is 12. The van der Waals surface area contributed by atoms with Crippen LogP contribution in [0.15, 0.2) is 47.9 Å². The number of hydrogen-bond donors (Lipinski definition) is 6. The molecular formula is C71H94N4O7. The second kappa shape index (κ2) is 17.9. The first-order chi connectivity index (χ1) is 39.2. The summed E-state index contributed by atoms with van der Waals surface area (Å²) in [6.45, 7) is 15.6. The fourth-order valence-electron chi connectivity index (χ4n) is 24.1. The Balaban J connectivity index is 0.879. The number of ketones is 2. The Morgan fingerprint density at radius 1 is 0.866 bits per heavy atom. The van der Waals surface area contributed by atoms with Gasteiger partial charge in [-0.1, -0.05) is 59.1 Å². The van der Waals surface area contributed by atoms with Gasteiger partial charge in [0.25, 0.3) is 0 Å². The first-order valence-electron chi connectivity index (χ1n) is 33.1. The maximum absolute atomic E-state index is 16.4. The molecule has 0 amide bonds. The van der Waals surface area contributed by atoms with Crippen LogP contribution in [0.2, 0.25) is 0 Å². The lowest BCUT2D eigenvalue weighted by Crippen LogP contribution is -2.75. The number of aromatic amines is 2. The Morgan fingerprint density at radius 2 is 1.67 bits per heavy atom. The van der Waals surface area contributed by atoms with Gasteiger partial charge in [-0.05, 0) is 219 Å². The number of allylic oxidation sites excluding steroid dienone is 1. The molecule has 2 bridgehead atoms. The molecule has 6 heterocycles. The van der Waals surface area contributed by atoms with Crippen LogP contribution < -0.4 is 5.32 Å². The molecule has 11 heteroatoms. The molecule has 6 N–H and O–H groups in total. The average molecular weight is 1120 g/mol. The molecule has 16 rings (SSSR count). The zero-order valence-corrected chi connectivity index (χ0v) is 50.4. The van der Waals surface area contributed by atoms with E-state index >= 15 is 9.59 Å². The van der Waals surface area contributed by atoms with Crippen molar-refractivity contribution in [2.75, 3.05) is 20.3 Å². The molecule has 440 valence electrons. The number of nitrogens with one attached hydrogen (secondary N) is 3. The van der Waals surface area contributed by atoms with Crippen molar-refractivity contribution in [3.63, 3.8) is 0 Å². The minimum absolute atomic E-state index is 0.102. The summed E-state index contributed by atoms with van der Waals surface area (Å²) in [7, 11) is 2.09. The molecule has 9 aliphatic carbocycles. The average Bonchev–Trinajstić information content (AvgIpc) is 1.16. The lowest BCUT2D eigenvalue weighted by Gasteiger charge is -2.76. The number of epoxide rings is 1. The molecule has 1 aromatic carbocycles. The summed E-state index contributed by atoms with van der Waals surface area (Å²) >= 11 is 0. The standard InChI is InChI=1S/C71H94N4O7/c1-64(2)63(82-64)52(77)34-65(3)21-16-42-36-74-58-43(29-39-30-48-45-13-9-8-11-40(45)14-15-46(48)50(31-39)71(80)24-27-81-28-25-71)37-75(59(42)58)38-49-54-56(65)51(76)35-67(54,5)66(4)22-18-53-68(6,61(66)60(49)78)70-23-17-41(32-70)57-47(19-26-73-57)55(70)62(79)69(53)20-10-12-44(33-69)72-7/h19,26,30-31,36-37,40-41,44-45,49,52-53,55,60-61,63,72-74,77-78,80H,8-18,20-25,27-29,32-35,38H2,1-7H3. The minimum Gasteiger partial charge on any atom is -0.392 e. The number of nitrogens with zero attached hydrogens (tertiary/aromatic N) is 1. The van der Waals surface area contributed by atoms with E-state index < -0.39 is 50.5 Å². The summed E-state index contributed by atoms with van der Waals surface area (Å²) < 4.78 is 14.6. The largest absolute Gasteiger partial charge is 0.392 e. The number of carbonyl (C=O) groups excluding carboxylic acids is 2. The van der Waals surface area contributed by atoms with E-state index in [9.17, 15) is 15.3 Å². The van der Waals surface area contributed by atoms with Gasteiger partial charge in [0.05, 0.1) is 40.4 Å². The molecule has 3 aromatic heterocycles. The Hall–Kier alpha value is -3.84. The lowest BCUT2D eigenvalue weighted by molar-refractivity contribution is -0.271. The van der Waals surface area contributed by atoms with Crippen LogP contribution in [0.1, 0.15) is 226 Å². The van der Waals surface area contributed by atoms with Crippen LogP contribution in [0.3, 0.4) is 0 Å². The van der Waals surface area contributed by atoms with Gasteiger partial charge in [0, 0.05) is 98.1 Å². The summed E-state index contributed by atoms with van der Waals surface area (Å²) in [6, 6.07) is 7.45. The van der Waals surface area contributed by atoms with Gasteiger partial charge in [-0.3, -0.25) is 9.59 Å². The number of benzene rings is 1. The van der Waals surface area contributed by atoms with Crippen LogP contribution in [0.5, 0.6) is 0 Å². The van der Waals surface area contributed by atoms with Gasteiger partial charge in [-0.25, -0.2) is 0 Å². The first-order valence-corrected chi connectivity index (χ1v) is 33.1. The number of ether oxygens (including phenoxy) is 2. The number of hydrogen-bond acceptors (Lipinski definition) is 8. The van der Waals surface area contributed by atoms with Gasteiger partial charge >= 0.3 is 0 Å². The van der Waals surface area contributed by atoms with Crippen molar-refractivity contribution in [3.05, 3.63) is 92.6 Å². The topological polar surface area (TPSA) is 165 Å². The second-order valence-corrected chi connectivity index (χ2v) is 31.6. The zero-order valence-electron chi connectivity index (χ0n) is 50.4. The Morgan fingerprint density at radius 3 is 2.46 bits per heavy atom. The molecule has 8 fully saturated rings. The molecule has 17 unspecified atom stereocenters. The number of aromatic nitrogens is 3. The highest BCUT2D eigenvalue weighted by Gasteiger charge is 2.81. The maximum Gasteiger partial charge on any atom is 0.160 e. The summed E-state index contributed by atoms with van der Waals surface area (Å²) in [5.74, 6) is 1.56. The van der Waals surface area contributed by atoms with E-state index in [1.807, 2.05) is 0 Å². The van der Waals surface area contributed by atoms with Crippen molar-refractivity contribution in [1.82, 2.24) is 19.9 Å². The van der Waals surface area contributed by atoms with Crippen molar-refractivity contribution in [1.29, 1.82) is 0 Å². The molecule has 0 radical (unpaired) electrons. The van der Waals surface area contributed by atoms with Crippen molar-refractivity contribution >= 4 is 22.6 Å². The molecule has 3 aliphatic heterocycles. The number of rotatable bonds is 7. The number of aliphatic hydroxyl groups excluding tert-OH is 2. The molecule has 12 aliphatic rings. The predicted molar refractivity (Wildman–Crippen MR) is 317 cm³/mol. The van der Waals surface area contributed by atoms with Crippen LogP contribution >= 0.6 is 0 Å². The molecule has 6 saturated carbocycles. The third kappa shape index (κ3) is 6.93. The van der Waals surface area contributed by atoms with Crippen LogP contribution in [0, 0.1) is 56.2 Å². The molecule has 2 saturated heterocycles. The van der Waals surface area contributed by atoms with Gasteiger partial charge in [0.2, 0.25) is 0 Å². The zero-order chi connectivity index (χ0) is 56.5. The smallest absolute Gasteiger partial charge is 0.160 e. The van der Waals surface area contributed by atoms with Gasteiger partial charge in [0.1, 0.15) is 11.9 Å². The summed E-state index contributed by atoms with van der Waals surface area (Å²) in [6.07, 6.45) is 25.0. The van der Waals surface area contributed by atoms with Crippen LogP contribution in [0.4, 0.5) is 0 Å². The SMILES string of the molecule is CNC1CCCC2(C1)C(=O)C1c3cc[nH]c3C3CCC1(C3)C1(C)C2CCC2(C)C1C(O)C1Cn3cc(Cc4cc5c(c(C6(O)CCOCC6)c4)CCC4CCCCC54)c4[nH]cc(c43)CCC(C)(CC(O)C3OC3(C)C)C3=C1C2(C)CC3=O. The van der Waals surface area contributed by atoms with Gasteiger partial charge in [0.15, 0.2) is 5.78 Å². The van der Waals surface area contributed by atoms with Gasteiger partial charge < -0.3 is 44.6 Å². The third-order valence-electron chi connectivity index (χ3n) is 27.9. The van der Waals surface area contributed by atoms with Gasteiger partial charge in [-0.2, -0.15) is 0 Å². The van der Waals surface area contributed by atoms with E-state index in [0.29, 0.717) is 81.8 Å². The van der Waals surface area contributed by atoms with Gasteiger partial charge in [-0.15, -0.1) is 0 Å². The molecule has 2 spiro atoms. The molecule has 82 heavy (non-hydrogen) atoms. The van der Waals surface area contributed by atoms with Crippen molar-refractivity contribution in [3.8, 4) is 0 Å². The monoisotopic (exact) mass is 1110 g/mol. The van der Waals surface area contributed by atoms with E-state index in [2.05, 4.69) is 105 Å². The van der Waals surface area contributed by atoms with E-state index in [1.165, 1.54) is 76.7 Å². The van der Waals surface area contributed by atoms with E-state index in [0.717, 1.165) is 92.9 Å². The summed E-state index contributed by atoms with van der Waals surface area (Å²) in [5, 5.41) is 43.5. The Kier molecular flexibility index (Phi) is 11.7. The number of aliphatic hydroxyl groups is 3. The number of H-pyrrole nitrogens is 2. The summed E-state index contributed by atoms with van der Waals surface area (Å²) in [5.41, 5.74) is 10.2. The normalized spacial score (nSPS) is 43.3. The number of carbonyl (C=O) groups is 2. The number of Topliss-reactive ketones (excluding diaryl/α,β-unsaturated/α-hetero) is 2. The molecule has 11 nitrogen and oxygen atoms in total. The van der Waals surface area contributed by atoms with Crippen LogP contribution in [-0.2, 0) is 50.5 Å². The fraction of sp³-hybridized carbons (Fsp3) is 0.718. The van der Waals surface area contributed by atoms with Crippen molar-refractivity contribution in [2.45, 2.75) is 243 Å². The molecular weight excluding hydrogens is 1020 g/mol. The highest BCUT2D eigenvalue weighted by atomic mass is 16.6. The Labute approximate surface area is 486 Å². The second-order valence-electron chi connectivity index (χ2n) is 31.6.